The number of aromatic nitrogens is 5. The molecule has 3 heterocycles. The summed E-state index contributed by atoms with van der Waals surface area (Å²) in [5.41, 5.74) is 8.64. The SMILES string of the molecule is Cc1cc2nc(-c3cnc[nH]3)cc(CCc3cc(C(C)C)n[nH]3)c2cc1CCC#N. The van der Waals surface area contributed by atoms with Crippen LogP contribution in [0.5, 0.6) is 0 Å². The smallest absolute Gasteiger partial charge is 0.0924 e. The molecule has 0 atom stereocenters. The fourth-order valence-electron chi connectivity index (χ4n) is 3.77. The number of fused-ring (bicyclic) bond motifs is 1. The minimum atomic E-state index is 0.411. The number of hydrogen-bond acceptors (Lipinski definition) is 4. The molecule has 4 aromatic rings. The average Bonchev–Trinajstić information content (AvgIpc) is 3.42. The van der Waals surface area contributed by atoms with Crippen molar-refractivity contribution in [3.8, 4) is 17.5 Å². The van der Waals surface area contributed by atoms with E-state index in [2.05, 4.69) is 71.3 Å². The third kappa shape index (κ3) is 4.11. The Bertz CT molecular complexity index is 1190. The van der Waals surface area contributed by atoms with Gasteiger partial charge in [0.2, 0.25) is 0 Å². The van der Waals surface area contributed by atoms with Crippen molar-refractivity contribution in [2.45, 2.75) is 52.4 Å². The number of aromatic amines is 2. The lowest BCUT2D eigenvalue weighted by molar-refractivity contribution is 0.806. The highest BCUT2D eigenvalue weighted by molar-refractivity contribution is 5.86. The molecule has 3 aromatic heterocycles. The van der Waals surface area contributed by atoms with Crippen LogP contribution in [0.3, 0.4) is 0 Å². The van der Waals surface area contributed by atoms with E-state index < -0.39 is 0 Å². The van der Waals surface area contributed by atoms with Gasteiger partial charge in [-0.2, -0.15) is 10.4 Å². The van der Waals surface area contributed by atoms with Crippen LogP contribution in [0.1, 0.15) is 54.3 Å². The van der Waals surface area contributed by atoms with Crippen LogP contribution in [0.25, 0.3) is 22.3 Å². The summed E-state index contributed by atoms with van der Waals surface area (Å²) >= 11 is 0. The number of imidazole rings is 1. The number of benzene rings is 1. The van der Waals surface area contributed by atoms with Crippen LogP contribution in [0.2, 0.25) is 0 Å². The Hall–Kier alpha value is -3.46. The topological polar surface area (TPSA) is 94.0 Å². The van der Waals surface area contributed by atoms with E-state index in [1.54, 1.807) is 12.5 Å². The monoisotopic (exact) mass is 398 g/mol. The van der Waals surface area contributed by atoms with E-state index in [1.807, 2.05) is 0 Å². The molecule has 0 amide bonds. The van der Waals surface area contributed by atoms with Crippen molar-refractivity contribution >= 4 is 10.9 Å². The molecule has 0 spiro atoms. The molecule has 30 heavy (non-hydrogen) atoms. The Morgan fingerprint density at radius 3 is 2.63 bits per heavy atom. The van der Waals surface area contributed by atoms with Crippen molar-refractivity contribution in [3.63, 3.8) is 0 Å². The van der Waals surface area contributed by atoms with Gasteiger partial charge in [-0.15, -0.1) is 0 Å². The zero-order valence-corrected chi connectivity index (χ0v) is 17.7. The zero-order chi connectivity index (χ0) is 21.1. The zero-order valence-electron chi connectivity index (χ0n) is 17.7. The second-order valence-corrected chi connectivity index (χ2v) is 8.06. The van der Waals surface area contributed by atoms with Crippen molar-refractivity contribution in [2.24, 2.45) is 0 Å². The molecule has 0 aliphatic rings. The second kappa shape index (κ2) is 8.50. The van der Waals surface area contributed by atoms with Crippen LogP contribution in [0.15, 0.2) is 36.8 Å². The fraction of sp³-hybridized carbons (Fsp3) is 0.333. The summed E-state index contributed by atoms with van der Waals surface area (Å²) in [7, 11) is 0. The maximum atomic E-state index is 9.00. The molecule has 4 rings (SSSR count). The Labute approximate surface area is 176 Å². The molecule has 152 valence electrons. The highest BCUT2D eigenvalue weighted by Gasteiger charge is 2.13. The maximum absolute atomic E-state index is 9.00. The van der Waals surface area contributed by atoms with Crippen LogP contribution in [0.4, 0.5) is 0 Å². The van der Waals surface area contributed by atoms with Gasteiger partial charge < -0.3 is 4.98 Å². The number of pyridine rings is 1. The van der Waals surface area contributed by atoms with E-state index in [1.165, 1.54) is 16.7 Å². The van der Waals surface area contributed by atoms with Crippen LogP contribution >= 0.6 is 0 Å². The summed E-state index contributed by atoms with van der Waals surface area (Å²) in [6.45, 7) is 6.39. The molecular formula is C24H26N6. The van der Waals surface area contributed by atoms with Crippen LogP contribution in [-0.4, -0.2) is 25.1 Å². The number of aryl methyl sites for hydroxylation is 4. The molecule has 0 fully saturated rings. The molecule has 0 bridgehead atoms. The number of nitriles is 1. The number of nitrogens with zero attached hydrogens (tertiary/aromatic N) is 4. The van der Waals surface area contributed by atoms with Crippen molar-refractivity contribution in [2.75, 3.05) is 0 Å². The fourth-order valence-corrected chi connectivity index (χ4v) is 3.77. The van der Waals surface area contributed by atoms with Crippen molar-refractivity contribution in [1.29, 1.82) is 5.26 Å². The predicted molar refractivity (Wildman–Crippen MR) is 118 cm³/mol. The molecule has 0 radical (unpaired) electrons. The third-order valence-corrected chi connectivity index (χ3v) is 5.54. The highest BCUT2D eigenvalue weighted by Crippen LogP contribution is 2.28. The normalized spacial score (nSPS) is 11.3. The van der Waals surface area contributed by atoms with E-state index in [4.69, 9.17) is 10.2 Å². The standard InChI is InChI=1S/C24H26N6/c1-15(2)21-12-19(29-30-21)7-6-18-11-23(24-13-26-14-27-24)28-22-9-16(3)17(5-4-8-25)10-20(18)22/h9-15H,4-7H2,1-3H3,(H,26,27)(H,29,30). The van der Waals surface area contributed by atoms with Gasteiger partial charge in [-0.25, -0.2) is 9.97 Å². The lowest BCUT2D eigenvalue weighted by Crippen LogP contribution is -1.99. The summed E-state index contributed by atoms with van der Waals surface area (Å²) in [5.74, 6) is 0.411. The molecule has 0 aliphatic carbocycles. The first-order chi connectivity index (χ1) is 14.5. The van der Waals surface area contributed by atoms with Gasteiger partial charge in [-0.05, 0) is 73.1 Å². The Kier molecular flexibility index (Phi) is 5.62. The van der Waals surface area contributed by atoms with E-state index in [0.29, 0.717) is 12.3 Å². The first-order valence-electron chi connectivity index (χ1n) is 10.4. The molecule has 0 aliphatic heterocycles. The quantitative estimate of drug-likeness (QED) is 0.457. The summed E-state index contributed by atoms with van der Waals surface area (Å²) in [6.07, 6.45) is 6.51. The lowest BCUT2D eigenvalue weighted by Gasteiger charge is -2.12. The van der Waals surface area contributed by atoms with E-state index in [-0.39, 0.29) is 0 Å². The Balaban J connectivity index is 1.74. The summed E-state index contributed by atoms with van der Waals surface area (Å²) in [5, 5.41) is 17.8. The number of H-pyrrole nitrogens is 2. The number of rotatable bonds is 7. The van der Waals surface area contributed by atoms with E-state index in [9.17, 15) is 0 Å². The van der Waals surface area contributed by atoms with Crippen LogP contribution < -0.4 is 0 Å². The predicted octanol–water partition coefficient (Wildman–Crippen LogP) is 5.02. The molecular weight excluding hydrogens is 372 g/mol. The Morgan fingerprint density at radius 2 is 1.93 bits per heavy atom. The first-order valence-corrected chi connectivity index (χ1v) is 10.4. The second-order valence-electron chi connectivity index (χ2n) is 8.06. The van der Waals surface area contributed by atoms with Crippen LogP contribution in [-0.2, 0) is 19.3 Å². The minimum Gasteiger partial charge on any atom is -0.343 e. The molecule has 0 saturated carbocycles. The molecule has 0 unspecified atom stereocenters. The van der Waals surface area contributed by atoms with E-state index in [0.717, 1.165) is 52.9 Å². The average molecular weight is 399 g/mol. The van der Waals surface area contributed by atoms with Gasteiger partial charge in [-0.3, -0.25) is 5.10 Å². The Morgan fingerprint density at radius 1 is 1.07 bits per heavy atom. The number of hydrogen-bond donors (Lipinski definition) is 2. The van der Waals surface area contributed by atoms with Gasteiger partial charge in [0.25, 0.3) is 0 Å². The van der Waals surface area contributed by atoms with Crippen LogP contribution in [0, 0.1) is 18.3 Å². The van der Waals surface area contributed by atoms with Gasteiger partial charge in [0, 0.05) is 17.5 Å². The molecule has 6 heteroatoms. The summed E-state index contributed by atoms with van der Waals surface area (Å²) in [4.78, 5) is 12.2. The van der Waals surface area contributed by atoms with Gasteiger partial charge >= 0.3 is 0 Å². The molecule has 2 N–H and O–H groups in total. The van der Waals surface area contributed by atoms with Gasteiger partial charge in [0.15, 0.2) is 0 Å². The molecule has 1 aromatic carbocycles. The maximum Gasteiger partial charge on any atom is 0.0924 e. The summed E-state index contributed by atoms with van der Waals surface area (Å²) in [6, 6.07) is 10.9. The van der Waals surface area contributed by atoms with Gasteiger partial charge in [0.1, 0.15) is 0 Å². The number of nitrogens with one attached hydrogen (secondary N) is 2. The molecule has 6 nitrogen and oxygen atoms in total. The minimum absolute atomic E-state index is 0.411. The molecule has 0 saturated heterocycles. The largest absolute Gasteiger partial charge is 0.343 e. The van der Waals surface area contributed by atoms with Gasteiger partial charge in [-0.1, -0.05) is 13.8 Å². The van der Waals surface area contributed by atoms with Gasteiger partial charge in [0.05, 0.1) is 41.2 Å². The van der Waals surface area contributed by atoms with E-state index >= 15 is 0 Å². The van der Waals surface area contributed by atoms with Crippen molar-refractivity contribution in [3.05, 3.63) is 64.9 Å². The van der Waals surface area contributed by atoms with Crippen molar-refractivity contribution < 1.29 is 0 Å². The summed E-state index contributed by atoms with van der Waals surface area (Å²) < 4.78 is 0. The lowest BCUT2D eigenvalue weighted by atomic mass is 9.95. The third-order valence-electron chi connectivity index (χ3n) is 5.54. The highest BCUT2D eigenvalue weighted by atomic mass is 15.1. The first kappa shape index (κ1) is 19.8. The van der Waals surface area contributed by atoms with Crippen molar-refractivity contribution in [1.82, 2.24) is 25.1 Å².